The van der Waals surface area contributed by atoms with Gasteiger partial charge in [-0.3, -0.25) is 19.3 Å². The number of amides is 3. The predicted octanol–water partition coefficient (Wildman–Crippen LogP) is 5.44. The second kappa shape index (κ2) is 11.2. The fourth-order valence-corrected chi connectivity index (χ4v) is 4.84. The van der Waals surface area contributed by atoms with E-state index in [0.717, 1.165) is 26.7 Å². The normalized spacial score (nSPS) is 15.2. The Morgan fingerprint density at radius 2 is 1.84 bits per heavy atom. The van der Waals surface area contributed by atoms with E-state index in [4.69, 9.17) is 18.9 Å². The van der Waals surface area contributed by atoms with Crippen molar-refractivity contribution in [3.63, 3.8) is 0 Å². The molecule has 3 aromatic carbocycles. The number of benzene rings is 3. The number of imide groups is 1. The molecule has 0 bridgehead atoms. The van der Waals surface area contributed by atoms with Crippen molar-refractivity contribution in [2.75, 3.05) is 25.8 Å². The maximum Gasteiger partial charge on any atom is 0.294 e. The third kappa shape index (κ3) is 5.79. The first kappa shape index (κ1) is 25.7. The van der Waals surface area contributed by atoms with E-state index < -0.39 is 23.6 Å². The monoisotopic (exact) mass is 596 g/mol. The van der Waals surface area contributed by atoms with Crippen LogP contribution >= 0.6 is 27.7 Å². The molecule has 0 unspecified atom stereocenters. The summed E-state index contributed by atoms with van der Waals surface area (Å²) in [5.74, 6) is 1.06. The lowest BCUT2D eigenvalue weighted by Gasteiger charge is -2.13. The molecule has 0 radical (unpaired) electrons. The largest absolute Gasteiger partial charge is 0.493 e. The Morgan fingerprint density at radius 1 is 1.05 bits per heavy atom. The molecule has 9 nitrogen and oxygen atoms in total. The Labute approximate surface area is 230 Å². The molecule has 0 aliphatic carbocycles. The molecular formula is C27H21BrN2O7S. The minimum Gasteiger partial charge on any atom is -0.493 e. The molecule has 3 aromatic rings. The lowest BCUT2D eigenvalue weighted by Crippen LogP contribution is -2.36. The van der Waals surface area contributed by atoms with Gasteiger partial charge in [0, 0.05) is 16.2 Å². The van der Waals surface area contributed by atoms with Gasteiger partial charge in [-0.1, -0.05) is 34.1 Å². The van der Waals surface area contributed by atoms with Crippen molar-refractivity contribution < 1.29 is 33.3 Å². The number of nitrogens with one attached hydrogen (secondary N) is 1. The van der Waals surface area contributed by atoms with E-state index in [9.17, 15) is 14.4 Å². The number of fused-ring (bicyclic) bond motifs is 1. The number of carbonyl (C=O) groups excluding carboxylic acids is 3. The van der Waals surface area contributed by atoms with Crippen molar-refractivity contribution in [3.05, 3.63) is 81.2 Å². The van der Waals surface area contributed by atoms with Crippen LogP contribution in [0.2, 0.25) is 0 Å². The predicted molar refractivity (Wildman–Crippen MR) is 145 cm³/mol. The maximum atomic E-state index is 12.9. The summed E-state index contributed by atoms with van der Waals surface area (Å²) in [5, 5.41) is 2.15. The SMILES string of the molecule is COc1cc(/C=C2\SC(=O)N(CC(=O)Nc3ccc4c(c3)OCO4)C2=O)ccc1OCc1ccc(Br)cc1. The van der Waals surface area contributed by atoms with Crippen LogP contribution < -0.4 is 24.3 Å². The van der Waals surface area contributed by atoms with Gasteiger partial charge in [0.2, 0.25) is 12.7 Å². The van der Waals surface area contributed by atoms with Crippen LogP contribution in [0.3, 0.4) is 0 Å². The maximum absolute atomic E-state index is 12.9. The molecular weight excluding hydrogens is 576 g/mol. The van der Waals surface area contributed by atoms with Crippen molar-refractivity contribution in [3.8, 4) is 23.0 Å². The molecule has 194 valence electrons. The van der Waals surface area contributed by atoms with Crippen molar-refractivity contribution >= 4 is 56.5 Å². The van der Waals surface area contributed by atoms with Gasteiger partial charge in [-0.25, -0.2) is 0 Å². The number of hydrogen-bond donors (Lipinski definition) is 1. The first-order valence-electron chi connectivity index (χ1n) is 11.4. The van der Waals surface area contributed by atoms with Gasteiger partial charge in [-0.2, -0.15) is 0 Å². The van der Waals surface area contributed by atoms with Crippen molar-refractivity contribution in [1.29, 1.82) is 0 Å². The van der Waals surface area contributed by atoms with E-state index in [1.54, 1.807) is 42.5 Å². The second-order valence-corrected chi connectivity index (χ2v) is 10.1. The average Bonchev–Trinajstić information content (AvgIpc) is 3.48. The molecule has 0 spiro atoms. The van der Waals surface area contributed by atoms with Crippen LogP contribution in [0, 0.1) is 0 Å². The van der Waals surface area contributed by atoms with Gasteiger partial charge in [0.1, 0.15) is 13.2 Å². The number of halogens is 1. The summed E-state index contributed by atoms with van der Waals surface area (Å²) in [5.41, 5.74) is 2.11. The second-order valence-electron chi connectivity index (χ2n) is 8.21. The Morgan fingerprint density at radius 3 is 2.63 bits per heavy atom. The molecule has 1 N–H and O–H groups in total. The van der Waals surface area contributed by atoms with E-state index in [-0.39, 0.29) is 11.7 Å². The third-order valence-electron chi connectivity index (χ3n) is 5.62. The van der Waals surface area contributed by atoms with Gasteiger partial charge in [0.25, 0.3) is 11.1 Å². The highest BCUT2D eigenvalue weighted by atomic mass is 79.9. The number of thioether (sulfide) groups is 1. The minimum absolute atomic E-state index is 0.115. The quantitative estimate of drug-likeness (QED) is 0.343. The van der Waals surface area contributed by atoms with E-state index in [1.807, 2.05) is 24.3 Å². The standard InChI is InChI=1S/C27H21BrN2O7S/c1-34-22-10-17(4-8-20(22)35-14-16-2-5-18(28)6-3-16)11-24-26(32)30(27(33)38-24)13-25(31)29-19-7-9-21-23(12-19)37-15-36-21/h2-12H,13-15H2,1H3,(H,29,31)/b24-11-. The minimum atomic E-state index is -0.546. The first-order valence-corrected chi connectivity index (χ1v) is 13.0. The number of hydrogen-bond acceptors (Lipinski definition) is 8. The highest BCUT2D eigenvalue weighted by molar-refractivity contribution is 9.10. The van der Waals surface area contributed by atoms with Gasteiger partial charge < -0.3 is 24.3 Å². The van der Waals surface area contributed by atoms with Crippen LogP contribution in [0.15, 0.2) is 70.0 Å². The zero-order chi connectivity index (χ0) is 26.6. The zero-order valence-corrected chi connectivity index (χ0v) is 22.5. The fraction of sp³-hybridized carbons (Fsp3) is 0.148. The van der Waals surface area contributed by atoms with E-state index in [2.05, 4.69) is 21.2 Å². The highest BCUT2D eigenvalue weighted by Crippen LogP contribution is 2.36. The lowest BCUT2D eigenvalue weighted by atomic mass is 10.1. The molecule has 3 amide bonds. The van der Waals surface area contributed by atoms with E-state index in [0.29, 0.717) is 40.9 Å². The summed E-state index contributed by atoms with van der Waals surface area (Å²) in [7, 11) is 1.53. The summed E-state index contributed by atoms with van der Waals surface area (Å²) >= 11 is 4.18. The van der Waals surface area contributed by atoms with Crippen molar-refractivity contribution in [2.45, 2.75) is 6.61 Å². The zero-order valence-electron chi connectivity index (χ0n) is 20.1. The topological polar surface area (TPSA) is 103 Å². The van der Waals surface area contributed by atoms with Gasteiger partial charge in [0.05, 0.1) is 12.0 Å². The molecule has 0 aromatic heterocycles. The Balaban J connectivity index is 1.23. The summed E-state index contributed by atoms with van der Waals surface area (Å²) in [4.78, 5) is 39.1. The third-order valence-corrected chi connectivity index (χ3v) is 7.06. The van der Waals surface area contributed by atoms with Crippen LogP contribution in [0.5, 0.6) is 23.0 Å². The number of anilines is 1. The van der Waals surface area contributed by atoms with Gasteiger partial charge in [0.15, 0.2) is 23.0 Å². The van der Waals surface area contributed by atoms with Crippen LogP contribution in [-0.4, -0.2) is 42.4 Å². The van der Waals surface area contributed by atoms with Crippen LogP contribution in [0.25, 0.3) is 6.08 Å². The molecule has 0 atom stereocenters. The smallest absolute Gasteiger partial charge is 0.294 e. The molecule has 38 heavy (non-hydrogen) atoms. The molecule has 2 aliphatic heterocycles. The molecule has 1 saturated heterocycles. The van der Waals surface area contributed by atoms with E-state index in [1.165, 1.54) is 7.11 Å². The summed E-state index contributed by atoms with van der Waals surface area (Å²) < 4.78 is 22.9. The molecule has 11 heteroatoms. The number of carbonyl (C=O) groups is 3. The number of nitrogens with zero attached hydrogens (tertiary/aromatic N) is 1. The molecule has 1 fully saturated rings. The van der Waals surface area contributed by atoms with Crippen LogP contribution in [0.1, 0.15) is 11.1 Å². The van der Waals surface area contributed by atoms with Crippen LogP contribution in [-0.2, 0) is 16.2 Å². The van der Waals surface area contributed by atoms with E-state index >= 15 is 0 Å². The van der Waals surface area contributed by atoms with Crippen molar-refractivity contribution in [1.82, 2.24) is 4.90 Å². The van der Waals surface area contributed by atoms with Gasteiger partial charge in [-0.15, -0.1) is 0 Å². The Hall–Kier alpha value is -3.96. The highest BCUT2D eigenvalue weighted by Gasteiger charge is 2.36. The first-order chi connectivity index (χ1) is 18.4. The van der Waals surface area contributed by atoms with Gasteiger partial charge in [-0.05, 0) is 65.4 Å². The summed E-state index contributed by atoms with van der Waals surface area (Å²) in [6.45, 7) is 0.0578. The Kier molecular flexibility index (Phi) is 7.57. The number of methoxy groups -OCH3 is 1. The van der Waals surface area contributed by atoms with Crippen molar-refractivity contribution in [2.24, 2.45) is 0 Å². The van der Waals surface area contributed by atoms with Crippen LogP contribution in [0.4, 0.5) is 10.5 Å². The van der Waals surface area contributed by atoms with Gasteiger partial charge >= 0.3 is 0 Å². The number of rotatable bonds is 8. The fourth-order valence-electron chi connectivity index (χ4n) is 3.74. The molecule has 2 heterocycles. The summed E-state index contributed by atoms with van der Waals surface area (Å²) in [6, 6.07) is 18.0. The number of ether oxygens (including phenoxy) is 4. The summed E-state index contributed by atoms with van der Waals surface area (Å²) in [6.07, 6.45) is 1.58. The molecule has 0 saturated carbocycles. The molecule has 5 rings (SSSR count). The molecule has 2 aliphatic rings. The average molecular weight is 597 g/mol. The lowest BCUT2D eigenvalue weighted by molar-refractivity contribution is -0.127. The Bertz CT molecular complexity index is 1440.